The van der Waals surface area contributed by atoms with E-state index in [1.807, 2.05) is 6.92 Å². The molecule has 2 amide bonds. The predicted molar refractivity (Wildman–Crippen MR) is 70.4 cm³/mol. The number of nitrogens with zero attached hydrogens (tertiary/aromatic N) is 1. The molecule has 1 aliphatic rings. The van der Waals surface area contributed by atoms with Crippen LogP contribution in [0.1, 0.15) is 6.92 Å². The molecule has 104 valence electrons. The minimum absolute atomic E-state index is 0.0405. The van der Waals surface area contributed by atoms with Gasteiger partial charge in [-0.3, -0.25) is 0 Å². The predicted octanol–water partition coefficient (Wildman–Crippen LogP) is 1.41. The third-order valence-electron chi connectivity index (χ3n) is 2.97. The molecule has 1 fully saturated rings. The van der Waals surface area contributed by atoms with Crippen molar-refractivity contribution in [2.75, 3.05) is 25.0 Å². The lowest BCUT2D eigenvalue weighted by atomic mass is 10.2. The van der Waals surface area contributed by atoms with Crippen LogP contribution in [0.3, 0.4) is 0 Å². The Labute approximate surface area is 111 Å². The number of ether oxygens (including phenoxy) is 1. The molecular weight excluding hydrogens is 249 g/mol. The number of carbonyl (C=O) groups excluding carboxylic acids is 1. The Bertz CT molecular complexity index is 438. The highest BCUT2D eigenvalue weighted by molar-refractivity contribution is 5.89. The number of urea groups is 1. The number of benzene rings is 1. The first-order valence-corrected chi connectivity index (χ1v) is 6.25. The lowest BCUT2D eigenvalue weighted by Crippen LogP contribution is -2.52. The zero-order valence-corrected chi connectivity index (χ0v) is 10.8. The number of rotatable bonds is 2. The zero-order chi connectivity index (χ0) is 13.8. The van der Waals surface area contributed by atoms with Gasteiger partial charge >= 0.3 is 6.03 Å². The number of nitrogens with one attached hydrogen (secondary N) is 1. The van der Waals surface area contributed by atoms with Gasteiger partial charge in [-0.05, 0) is 31.2 Å². The number of amides is 2. The van der Waals surface area contributed by atoms with Gasteiger partial charge in [-0.25, -0.2) is 9.18 Å². The van der Waals surface area contributed by atoms with Crippen molar-refractivity contribution in [3.05, 3.63) is 30.1 Å². The van der Waals surface area contributed by atoms with Crippen LogP contribution >= 0.6 is 0 Å². The molecule has 0 spiro atoms. The van der Waals surface area contributed by atoms with Crippen molar-refractivity contribution in [2.24, 2.45) is 5.73 Å². The summed E-state index contributed by atoms with van der Waals surface area (Å²) in [5.74, 6) is -0.332. The standard InChI is InChI=1S/C13H18FN3O2/c1-9-7-17(8-12(6-15)19-9)13(18)16-11-4-2-10(14)3-5-11/h2-5,9,12H,6-8,15H2,1H3,(H,16,18). The maximum Gasteiger partial charge on any atom is 0.322 e. The fourth-order valence-electron chi connectivity index (χ4n) is 2.08. The molecular formula is C13H18FN3O2. The Balaban J connectivity index is 1.97. The van der Waals surface area contributed by atoms with Crippen LogP contribution in [0.25, 0.3) is 0 Å². The Kier molecular flexibility index (Phi) is 4.34. The van der Waals surface area contributed by atoms with Crippen molar-refractivity contribution in [1.82, 2.24) is 4.90 Å². The van der Waals surface area contributed by atoms with Gasteiger partial charge in [-0.15, -0.1) is 0 Å². The van der Waals surface area contributed by atoms with E-state index in [0.29, 0.717) is 25.3 Å². The first-order chi connectivity index (χ1) is 9.08. The largest absolute Gasteiger partial charge is 0.370 e. The molecule has 1 aromatic rings. The van der Waals surface area contributed by atoms with Crippen LogP contribution in [0.15, 0.2) is 24.3 Å². The summed E-state index contributed by atoms with van der Waals surface area (Å²) in [5.41, 5.74) is 6.14. The maximum absolute atomic E-state index is 12.8. The molecule has 1 saturated heterocycles. The summed E-state index contributed by atoms with van der Waals surface area (Å²) < 4.78 is 18.4. The van der Waals surface area contributed by atoms with Crippen molar-refractivity contribution in [3.8, 4) is 0 Å². The minimum atomic E-state index is -0.332. The second-order valence-electron chi connectivity index (χ2n) is 4.65. The van der Waals surface area contributed by atoms with Crippen LogP contribution in [-0.4, -0.2) is 42.8 Å². The van der Waals surface area contributed by atoms with E-state index in [4.69, 9.17) is 10.5 Å². The smallest absolute Gasteiger partial charge is 0.322 e. The highest BCUT2D eigenvalue weighted by Gasteiger charge is 2.27. The molecule has 0 aliphatic carbocycles. The summed E-state index contributed by atoms with van der Waals surface area (Å²) >= 11 is 0. The van der Waals surface area contributed by atoms with Gasteiger partial charge in [0.05, 0.1) is 12.2 Å². The third kappa shape index (κ3) is 3.65. The number of morpholine rings is 1. The monoisotopic (exact) mass is 267 g/mol. The van der Waals surface area contributed by atoms with Gasteiger partial charge in [0.1, 0.15) is 5.82 Å². The van der Waals surface area contributed by atoms with Gasteiger partial charge in [0, 0.05) is 25.3 Å². The van der Waals surface area contributed by atoms with E-state index in [9.17, 15) is 9.18 Å². The molecule has 2 atom stereocenters. The number of nitrogens with two attached hydrogens (primary N) is 1. The Hall–Kier alpha value is -1.66. The van der Waals surface area contributed by atoms with Crippen LogP contribution in [0.4, 0.5) is 14.9 Å². The normalized spacial score (nSPS) is 23.2. The average molecular weight is 267 g/mol. The molecule has 6 heteroatoms. The SMILES string of the molecule is CC1CN(C(=O)Nc2ccc(F)cc2)CC(CN)O1. The molecule has 1 aromatic carbocycles. The fraction of sp³-hybridized carbons (Fsp3) is 0.462. The molecule has 0 bridgehead atoms. The van der Waals surface area contributed by atoms with E-state index in [-0.39, 0.29) is 24.1 Å². The fourth-order valence-corrected chi connectivity index (χ4v) is 2.08. The van der Waals surface area contributed by atoms with Crippen molar-refractivity contribution in [1.29, 1.82) is 0 Å². The molecule has 0 aromatic heterocycles. The van der Waals surface area contributed by atoms with Crippen molar-refractivity contribution in [2.45, 2.75) is 19.1 Å². The second kappa shape index (κ2) is 5.99. The van der Waals surface area contributed by atoms with Crippen LogP contribution in [-0.2, 0) is 4.74 Å². The number of anilines is 1. The first kappa shape index (κ1) is 13.8. The molecule has 1 heterocycles. The third-order valence-corrected chi connectivity index (χ3v) is 2.97. The summed E-state index contributed by atoms with van der Waals surface area (Å²) in [5, 5.41) is 2.73. The van der Waals surface area contributed by atoms with Gasteiger partial charge in [0.25, 0.3) is 0 Å². The van der Waals surface area contributed by atoms with Gasteiger partial charge in [-0.1, -0.05) is 0 Å². The summed E-state index contributed by atoms with van der Waals surface area (Å²) in [6.07, 6.45) is -0.177. The van der Waals surface area contributed by atoms with E-state index in [2.05, 4.69) is 5.32 Å². The molecule has 2 rings (SSSR count). The molecule has 5 nitrogen and oxygen atoms in total. The summed E-state index contributed by atoms with van der Waals surface area (Å²) in [4.78, 5) is 13.7. The highest BCUT2D eigenvalue weighted by atomic mass is 19.1. The zero-order valence-electron chi connectivity index (χ0n) is 10.8. The van der Waals surface area contributed by atoms with E-state index < -0.39 is 0 Å². The van der Waals surface area contributed by atoms with Crippen molar-refractivity contribution >= 4 is 11.7 Å². The van der Waals surface area contributed by atoms with Crippen LogP contribution in [0, 0.1) is 5.82 Å². The molecule has 2 unspecified atom stereocenters. The van der Waals surface area contributed by atoms with Gasteiger partial charge < -0.3 is 20.7 Å². The van der Waals surface area contributed by atoms with Crippen LogP contribution in [0.5, 0.6) is 0 Å². The van der Waals surface area contributed by atoms with Crippen LogP contribution < -0.4 is 11.1 Å². The summed E-state index contributed by atoms with van der Waals surface area (Å²) in [6, 6.07) is 5.44. The Morgan fingerprint density at radius 2 is 2.16 bits per heavy atom. The molecule has 0 saturated carbocycles. The van der Waals surface area contributed by atoms with Gasteiger partial charge in [0.15, 0.2) is 0 Å². The average Bonchev–Trinajstić information content (AvgIpc) is 2.40. The van der Waals surface area contributed by atoms with E-state index in [1.54, 1.807) is 4.90 Å². The van der Waals surface area contributed by atoms with Gasteiger partial charge in [-0.2, -0.15) is 0 Å². The Morgan fingerprint density at radius 3 is 2.79 bits per heavy atom. The number of hydrogen-bond donors (Lipinski definition) is 2. The van der Waals surface area contributed by atoms with Gasteiger partial charge in [0.2, 0.25) is 0 Å². The van der Waals surface area contributed by atoms with E-state index in [0.717, 1.165) is 0 Å². The number of carbonyl (C=O) groups is 1. The Morgan fingerprint density at radius 1 is 1.47 bits per heavy atom. The summed E-state index contributed by atoms with van der Waals surface area (Å²) in [6.45, 7) is 3.27. The number of hydrogen-bond acceptors (Lipinski definition) is 3. The molecule has 3 N–H and O–H groups in total. The lowest BCUT2D eigenvalue weighted by molar-refractivity contribution is -0.0573. The van der Waals surface area contributed by atoms with Crippen LogP contribution in [0.2, 0.25) is 0 Å². The highest BCUT2D eigenvalue weighted by Crippen LogP contribution is 2.13. The topological polar surface area (TPSA) is 67.6 Å². The van der Waals surface area contributed by atoms with Crippen molar-refractivity contribution < 1.29 is 13.9 Å². The quantitative estimate of drug-likeness (QED) is 0.851. The molecule has 0 radical (unpaired) electrons. The van der Waals surface area contributed by atoms with E-state index >= 15 is 0 Å². The first-order valence-electron chi connectivity index (χ1n) is 6.25. The van der Waals surface area contributed by atoms with Crippen molar-refractivity contribution in [3.63, 3.8) is 0 Å². The summed E-state index contributed by atoms with van der Waals surface area (Å²) in [7, 11) is 0. The minimum Gasteiger partial charge on any atom is -0.370 e. The van der Waals surface area contributed by atoms with E-state index in [1.165, 1.54) is 24.3 Å². The lowest BCUT2D eigenvalue weighted by Gasteiger charge is -2.36. The molecule has 1 aliphatic heterocycles. The maximum atomic E-state index is 12.8. The number of halogens is 1. The molecule has 19 heavy (non-hydrogen) atoms. The second-order valence-corrected chi connectivity index (χ2v) is 4.65.